The number of halogens is 1. The second kappa shape index (κ2) is 9.32. The van der Waals surface area contributed by atoms with E-state index in [0.29, 0.717) is 11.1 Å². The number of carbonyl (C=O) groups is 1. The van der Waals surface area contributed by atoms with E-state index in [1.807, 2.05) is 25.1 Å². The number of carbonyl (C=O) groups excluding carboxylic acids is 1. The maximum Gasteiger partial charge on any atom is 0.252 e. The minimum absolute atomic E-state index is 0.0598. The number of hydrogen-bond acceptors (Lipinski definition) is 4. The molecule has 0 fully saturated rings. The smallest absolute Gasteiger partial charge is 0.252 e. The molecule has 8 heteroatoms. The highest BCUT2D eigenvalue weighted by molar-refractivity contribution is 7.89. The molecule has 0 aliphatic carbocycles. The highest BCUT2D eigenvalue weighted by Gasteiger charge is 2.27. The quantitative estimate of drug-likeness (QED) is 0.394. The van der Waals surface area contributed by atoms with E-state index >= 15 is 0 Å². The number of rotatable bonds is 7. The van der Waals surface area contributed by atoms with Crippen LogP contribution in [0.2, 0.25) is 0 Å². The van der Waals surface area contributed by atoms with Gasteiger partial charge < -0.3 is 4.98 Å². The number of H-pyrrole nitrogens is 1. The van der Waals surface area contributed by atoms with Crippen LogP contribution < -0.4 is 5.56 Å². The molecular weight excluding hydrogens is 455 g/mol. The minimum atomic E-state index is -4.11. The number of aromatic nitrogens is 1. The summed E-state index contributed by atoms with van der Waals surface area (Å²) in [5.41, 5.74) is 2.30. The molecule has 0 amide bonds. The van der Waals surface area contributed by atoms with Gasteiger partial charge in [-0.2, -0.15) is 4.31 Å². The van der Waals surface area contributed by atoms with Crippen molar-refractivity contribution >= 4 is 26.7 Å². The van der Waals surface area contributed by atoms with E-state index in [1.54, 1.807) is 12.1 Å². The number of fused-ring (bicyclic) bond motifs is 1. The van der Waals surface area contributed by atoms with E-state index in [0.717, 1.165) is 15.3 Å². The van der Waals surface area contributed by atoms with Crippen LogP contribution in [0.3, 0.4) is 0 Å². The molecule has 0 saturated heterocycles. The van der Waals surface area contributed by atoms with Gasteiger partial charge in [-0.05, 0) is 60.7 Å². The molecule has 4 aromatic rings. The zero-order valence-electron chi connectivity index (χ0n) is 18.7. The number of sulfonamides is 1. The number of nitrogens with zero attached hydrogens (tertiary/aromatic N) is 1. The number of Topliss-reactive ketones (excluding diaryl/α,β-unsaturated/α-hetero) is 1. The molecule has 0 spiro atoms. The molecule has 0 radical (unpaired) electrons. The van der Waals surface area contributed by atoms with Crippen molar-refractivity contribution in [3.63, 3.8) is 0 Å². The van der Waals surface area contributed by atoms with E-state index in [2.05, 4.69) is 4.98 Å². The van der Waals surface area contributed by atoms with Gasteiger partial charge in [-0.25, -0.2) is 12.8 Å². The van der Waals surface area contributed by atoms with E-state index in [-0.39, 0.29) is 34.9 Å². The predicted molar refractivity (Wildman–Crippen MR) is 129 cm³/mol. The zero-order valence-corrected chi connectivity index (χ0v) is 19.5. The number of para-hydroxylation sites is 1. The normalized spacial score (nSPS) is 11.8. The van der Waals surface area contributed by atoms with Crippen molar-refractivity contribution in [1.29, 1.82) is 0 Å². The zero-order chi connectivity index (χ0) is 24.5. The Morgan fingerprint density at radius 1 is 0.971 bits per heavy atom. The van der Waals surface area contributed by atoms with Crippen LogP contribution in [0, 0.1) is 12.7 Å². The predicted octanol–water partition coefficient (Wildman–Crippen LogP) is 4.57. The van der Waals surface area contributed by atoms with E-state index in [4.69, 9.17) is 0 Å². The van der Waals surface area contributed by atoms with Crippen molar-refractivity contribution in [2.45, 2.75) is 31.8 Å². The van der Waals surface area contributed by atoms with Gasteiger partial charge in [0.1, 0.15) is 5.82 Å². The fraction of sp³-hybridized carbons (Fsp3) is 0.154. The Kier molecular flexibility index (Phi) is 6.45. The second-order valence-corrected chi connectivity index (χ2v) is 10.1. The monoisotopic (exact) mass is 478 g/mol. The molecule has 174 valence electrons. The van der Waals surface area contributed by atoms with Crippen LogP contribution in [0.5, 0.6) is 0 Å². The van der Waals surface area contributed by atoms with Crippen LogP contribution >= 0.6 is 0 Å². The highest BCUT2D eigenvalue weighted by atomic mass is 32.2. The Morgan fingerprint density at radius 2 is 1.68 bits per heavy atom. The highest BCUT2D eigenvalue weighted by Crippen LogP contribution is 2.23. The molecule has 1 aromatic heterocycles. The lowest BCUT2D eigenvalue weighted by Crippen LogP contribution is -2.32. The third kappa shape index (κ3) is 4.83. The van der Waals surface area contributed by atoms with E-state index in [9.17, 15) is 22.4 Å². The first kappa shape index (κ1) is 23.5. The lowest BCUT2D eigenvalue weighted by atomic mass is 10.1. The molecule has 0 saturated carbocycles. The minimum Gasteiger partial charge on any atom is -0.321 e. The molecule has 0 aliphatic heterocycles. The molecule has 1 heterocycles. The van der Waals surface area contributed by atoms with Crippen LogP contribution in [0.25, 0.3) is 10.9 Å². The Morgan fingerprint density at radius 3 is 2.38 bits per heavy atom. The van der Waals surface area contributed by atoms with Gasteiger partial charge in [0.05, 0.1) is 10.4 Å². The average molecular weight is 479 g/mol. The fourth-order valence-electron chi connectivity index (χ4n) is 3.78. The van der Waals surface area contributed by atoms with Gasteiger partial charge in [-0.15, -0.1) is 0 Å². The van der Waals surface area contributed by atoms with Gasteiger partial charge >= 0.3 is 0 Å². The van der Waals surface area contributed by atoms with Crippen molar-refractivity contribution < 1.29 is 17.6 Å². The standard InChI is InChI=1S/C26H23FN2O4S/c1-17-5-3-7-21-13-22(26(31)28-25(17)21)16-29(15-19-9-11-23(27)12-10-19)34(32,33)24-8-4-6-20(14-24)18(2)30/h3-14H,15-16H2,1-2H3,(H,28,31). The Hall–Kier alpha value is -3.62. The lowest BCUT2D eigenvalue weighted by Gasteiger charge is -2.23. The molecule has 34 heavy (non-hydrogen) atoms. The molecule has 0 aliphatic rings. The van der Waals surface area contributed by atoms with Crippen LogP contribution in [0.15, 0.2) is 82.5 Å². The number of pyridine rings is 1. The summed E-state index contributed by atoms with van der Waals surface area (Å²) in [6, 6.07) is 18.5. The maximum atomic E-state index is 13.6. The van der Waals surface area contributed by atoms with Crippen molar-refractivity contribution in [2.24, 2.45) is 0 Å². The SMILES string of the molecule is CC(=O)c1cccc(S(=O)(=O)N(Cc2ccc(F)cc2)Cc2cc3cccc(C)c3[nH]c2=O)c1. The van der Waals surface area contributed by atoms with Gasteiger partial charge in [0.25, 0.3) is 5.56 Å². The van der Waals surface area contributed by atoms with Gasteiger partial charge in [-0.1, -0.05) is 42.5 Å². The summed E-state index contributed by atoms with van der Waals surface area (Å²) < 4.78 is 41.9. The Labute approximate surface area is 196 Å². The van der Waals surface area contributed by atoms with Gasteiger partial charge in [0.2, 0.25) is 10.0 Å². The Bertz CT molecular complexity index is 1540. The lowest BCUT2D eigenvalue weighted by molar-refractivity contribution is 0.101. The maximum absolute atomic E-state index is 13.6. The van der Waals surface area contributed by atoms with Gasteiger partial charge in [0, 0.05) is 24.2 Å². The van der Waals surface area contributed by atoms with E-state index < -0.39 is 21.4 Å². The number of aryl methyl sites for hydroxylation is 1. The van der Waals surface area contributed by atoms with Crippen molar-refractivity contribution in [2.75, 3.05) is 0 Å². The molecule has 1 N–H and O–H groups in total. The van der Waals surface area contributed by atoms with Crippen LogP contribution in [0.4, 0.5) is 4.39 Å². The third-order valence-corrected chi connectivity index (χ3v) is 7.45. The van der Waals surface area contributed by atoms with Gasteiger partial charge in [0.15, 0.2) is 5.78 Å². The summed E-state index contributed by atoms with van der Waals surface area (Å²) in [5.74, 6) is -0.697. The molecule has 0 atom stereocenters. The number of aromatic amines is 1. The fourth-order valence-corrected chi connectivity index (χ4v) is 5.23. The van der Waals surface area contributed by atoms with Gasteiger partial charge in [-0.3, -0.25) is 9.59 Å². The van der Waals surface area contributed by atoms with Crippen LogP contribution in [0.1, 0.15) is 34.0 Å². The summed E-state index contributed by atoms with van der Waals surface area (Å²) in [6.07, 6.45) is 0. The summed E-state index contributed by atoms with van der Waals surface area (Å²) >= 11 is 0. The number of hydrogen-bond donors (Lipinski definition) is 1. The largest absolute Gasteiger partial charge is 0.321 e. The average Bonchev–Trinajstić information content (AvgIpc) is 2.81. The van der Waals surface area contributed by atoms with Crippen LogP contribution in [-0.2, 0) is 23.1 Å². The molecule has 0 bridgehead atoms. The number of ketones is 1. The van der Waals surface area contributed by atoms with Crippen molar-refractivity contribution in [3.05, 3.63) is 111 Å². The van der Waals surface area contributed by atoms with Crippen LogP contribution in [-0.4, -0.2) is 23.5 Å². The third-order valence-electron chi connectivity index (χ3n) is 5.66. The van der Waals surface area contributed by atoms with Crippen molar-refractivity contribution in [1.82, 2.24) is 9.29 Å². The molecule has 0 unspecified atom stereocenters. The summed E-state index contributed by atoms with van der Waals surface area (Å²) in [4.78, 5) is 27.5. The first-order valence-corrected chi connectivity index (χ1v) is 12.1. The summed E-state index contributed by atoms with van der Waals surface area (Å²) in [5, 5.41) is 0.785. The number of benzene rings is 3. The topological polar surface area (TPSA) is 87.3 Å². The molecule has 3 aromatic carbocycles. The summed E-state index contributed by atoms with van der Waals surface area (Å²) in [7, 11) is -4.11. The molecule has 4 rings (SSSR count). The first-order chi connectivity index (χ1) is 16.1. The summed E-state index contributed by atoms with van der Waals surface area (Å²) in [6.45, 7) is 2.95. The van der Waals surface area contributed by atoms with Crippen molar-refractivity contribution in [3.8, 4) is 0 Å². The molecular formula is C26H23FN2O4S. The molecule has 6 nitrogen and oxygen atoms in total. The second-order valence-electron chi connectivity index (χ2n) is 8.15. The Balaban J connectivity index is 1.80. The number of nitrogens with one attached hydrogen (secondary N) is 1. The van der Waals surface area contributed by atoms with E-state index in [1.165, 1.54) is 49.4 Å². The first-order valence-electron chi connectivity index (χ1n) is 10.6.